The minimum absolute atomic E-state index is 0.164. The van der Waals surface area contributed by atoms with Crippen molar-refractivity contribution in [3.63, 3.8) is 0 Å². The third-order valence-electron chi connectivity index (χ3n) is 4.64. The van der Waals surface area contributed by atoms with Crippen molar-refractivity contribution in [3.05, 3.63) is 16.9 Å². The summed E-state index contributed by atoms with van der Waals surface area (Å²) in [7, 11) is 1.77. The zero-order chi connectivity index (χ0) is 15.6. The maximum absolute atomic E-state index is 6.40. The van der Waals surface area contributed by atoms with E-state index in [9.17, 15) is 0 Å². The zero-order valence-electron chi connectivity index (χ0n) is 13.4. The number of ether oxygens (including phenoxy) is 1. The molecule has 0 spiro atoms. The van der Waals surface area contributed by atoms with Gasteiger partial charge in [-0.25, -0.2) is 5.43 Å². The second-order valence-electron chi connectivity index (χ2n) is 6.49. The number of hydrazine groups is 1. The zero-order valence-corrected chi connectivity index (χ0v) is 14.2. The summed E-state index contributed by atoms with van der Waals surface area (Å²) in [6.07, 6.45) is 6.01. The van der Waals surface area contributed by atoms with E-state index in [4.69, 9.17) is 22.2 Å². The molecule has 0 aromatic carbocycles. The predicted octanol–water partition coefficient (Wildman–Crippen LogP) is 3.22. The van der Waals surface area contributed by atoms with Gasteiger partial charge in [0.2, 0.25) is 0 Å². The van der Waals surface area contributed by atoms with Crippen LogP contribution in [0, 0.1) is 5.92 Å². The minimum atomic E-state index is -0.331. The lowest BCUT2D eigenvalue weighted by Gasteiger charge is -2.44. The molecule has 1 saturated carbocycles. The second kappa shape index (κ2) is 6.65. The van der Waals surface area contributed by atoms with Crippen molar-refractivity contribution in [2.45, 2.75) is 64.1 Å². The Kier molecular flexibility index (Phi) is 5.30. The highest BCUT2D eigenvalue weighted by Crippen LogP contribution is 2.44. The van der Waals surface area contributed by atoms with Gasteiger partial charge in [0.1, 0.15) is 0 Å². The van der Waals surface area contributed by atoms with Crippen molar-refractivity contribution in [2.75, 3.05) is 7.11 Å². The summed E-state index contributed by atoms with van der Waals surface area (Å²) in [5.74, 6) is 6.52. The van der Waals surface area contributed by atoms with E-state index in [1.807, 2.05) is 4.68 Å². The highest BCUT2D eigenvalue weighted by Gasteiger charge is 2.45. The van der Waals surface area contributed by atoms with E-state index in [0.29, 0.717) is 10.9 Å². The first-order valence-corrected chi connectivity index (χ1v) is 8.07. The Balaban J connectivity index is 2.45. The van der Waals surface area contributed by atoms with Crippen molar-refractivity contribution in [1.82, 2.24) is 15.2 Å². The van der Waals surface area contributed by atoms with Gasteiger partial charge < -0.3 is 4.74 Å². The molecule has 3 unspecified atom stereocenters. The van der Waals surface area contributed by atoms with Crippen molar-refractivity contribution in [2.24, 2.45) is 11.8 Å². The third kappa shape index (κ3) is 3.11. The number of methoxy groups -OCH3 is 1. The van der Waals surface area contributed by atoms with Gasteiger partial charge in [-0.15, -0.1) is 0 Å². The van der Waals surface area contributed by atoms with Gasteiger partial charge in [0.05, 0.1) is 28.6 Å². The first kappa shape index (κ1) is 16.7. The molecule has 0 aliphatic heterocycles. The number of nitrogens with zero attached hydrogens (tertiary/aromatic N) is 2. The first-order chi connectivity index (χ1) is 9.95. The van der Waals surface area contributed by atoms with Crippen LogP contribution in [-0.4, -0.2) is 22.5 Å². The molecule has 0 radical (unpaired) electrons. The average Bonchev–Trinajstić information content (AvgIpc) is 2.82. The summed E-state index contributed by atoms with van der Waals surface area (Å²) in [4.78, 5) is 0. The van der Waals surface area contributed by atoms with Gasteiger partial charge in [0.15, 0.2) is 0 Å². The van der Waals surface area contributed by atoms with E-state index in [1.165, 1.54) is 6.42 Å². The molecule has 1 aliphatic carbocycles. The highest BCUT2D eigenvalue weighted by atomic mass is 35.5. The molecule has 1 aromatic heterocycles. The fourth-order valence-corrected chi connectivity index (χ4v) is 3.86. The molecule has 120 valence electrons. The molecule has 1 fully saturated rings. The largest absolute Gasteiger partial charge is 0.376 e. The van der Waals surface area contributed by atoms with E-state index >= 15 is 0 Å². The number of rotatable bonds is 5. The molecular formula is C15H27ClN4O. The molecule has 1 aromatic rings. The first-order valence-electron chi connectivity index (χ1n) is 7.69. The highest BCUT2D eigenvalue weighted by molar-refractivity contribution is 6.31. The summed E-state index contributed by atoms with van der Waals surface area (Å²) in [5, 5.41) is 5.04. The van der Waals surface area contributed by atoms with Crippen LogP contribution in [0.2, 0.25) is 5.02 Å². The van der Waals surface area contributed by atoms with Crippen LogP contribution < -0.4 is 11.3 Å². The number of nitrogens with two attached hydrogens (primary N) is 1. The molecule has 1 heterocycles. The summed E-state index contributed by atoms with van der Waals surface area (Å²) in [6, 6.07) is 0.0564. The smallest absolute Gasteiger partial charge is 0.0933 e. The molecule has 3 atom stereocenters. The molecule has 3 N–H and O–H groups in total. The van der Waals surface area contributed by atoms with Crippen LogP contribution in [0.1, 0.15) is 64.2 Å². The topological polar surface area (TPSA) is 65.1 Å². The molecule has 6 heteroatoms. The Labute approximate surface area is 132 Å². The summed E-state index contributed by atoms with van der Waals surface area (Å²) in [5.41, 5.74) is 3.54. The standard InChI is InChI=1S/C15H27ClN4O/c1-10(2)20-13(12(16)9-18-20)14(19-17)15(21-4)7-5-6-11(3)8-15/h9-11,14,19H,5-8,17H2,1-4H3. The van der Waals surface area contributed by atoms with Crippen LogP contribution in [0.3, 0.4) is 0 Å². The van der Waals surface area contributed by atoms with E-state index in [2.05, 4.69) is 31.3 Å². The number of hydrogen-bond acceptors (Lipinski definition) is 4. The molecular weight excluding hydrogens is 288 g/mol. The van der Waals surface area contributed by atoms with Gasteiger partial charge in [-0.2, -0.15) is 5.10 Å². The molecule has 1 aliphatic rings. The van der Waals surface area contributed by atoms with Gasteiger partial charge in [0, 0.05) is 13.2 Å². The molecule has 0 saturated heterocycles. The fourth-order valence-electron chi connectivity index (χ4n) is 3.62. The van der Waals surface area contributed by atoms with E-state index in [0.717, 1.165) is 25.0 Å². The second-order valence-corrected chi connectivity index (χ2v) is 6.89. The number of aromatic nitrogens is 2. The van der Waals surface area contributed by atoms with Crippen LogP contribution in [0.15, 0.2) is 6.20 Å². The lowest BCUT2D eigenvalue weighted by atomic mass is 9.73. The van der Waals surface area contributed by atoms with Crippen LogP contribution in [0.25, 0.3) is 0 Å². The Hall–Kier alpha value is -0.620. The van der Waals surface area contributed by atoms with Gasteiger partial charge in [-0.3, -0.25) is 10.5 Å². The summed E-state index contributed by atoms with van der Waals surface area (Å²) >= 11 is 6.40. The van der Waals surface area contributed by atoms with Gasteiger partial charge in [-0.1, -0.05) is 31.4 Å². The van der Waals surface area contributed by atoms with E-state index in [1.54, 1.807) is 13.3 Å². The van der Waals surface area contributed by atoms with E-state index < -0.39 is 0 Å². The third-order valence-corrected chi connectivity index (χ3v) is 4.93. The number of nitrogens with one attached hydrogen (secondary N) is 1. The monoisotopic (exact) mass is 314 g/mol. The van der Waals surface area contributed by atoms with Crippen LogP contribution in [0.5, 0.6) is 0 Å². The molecule has 21 heavy (non-hydrogen) atoms. The lowest BCUT2D eigenvalue weighted by molar-refractivity contribution is -0.0825. The maximum Gasteiger partial charge on any atom is 0.0933 e. The van der Waals surface area contributed by atoms with Gasteiger partial charge in [-0.05, 0) is 32.6 Å². The summed E-state index contributed by atoms with van der Waals surface area (Å²) < 4.78 is 7.91. The molecule has 0 amide bonds. The fraction of sp³-hybridized carbons (Fsp3) is 0.800. The molecule has 5 nitrogen and oxygen atoms in total. The lowest BCUT2D eigenvalue weighted by Crippen LogP contribution is -2.51. The maximum atomic E-state index is 6.40. The van der Waals surface area contributed by atoms with Crippen molar-refractivity contribution in [1.29, 1.82) is 0 Å². The van der Waals surface area contributed by atoms with Crippen molar-refractivity contribution in [3.8, 4) is 0 Å². The van der Waals surface area contributed by atoms with Crippen LogP contribution in [-0.2, 0) is 4.74 Å². The number of halogens is 1. The van der Waals surface area contributed by atoms with Crippen LogP contribution in [0.4, 0.5) is 0 Å². The Bertz CT molecular complexity index is 476. The molecule has 2 rings (SSSR count). The normalized spacial score (nSPS) is 28.0. The van der Waals surface area contributed by atoms with Crippen molar-refractivity contribution >= 4 is 11.6 Å². The van der Waals surface area contributed by atoms with Gasteiger partial charge >= 0.3 is 0 Å². The predicted molar refractivity (Wildman–Crippen MR) is 85.1 cm³/mol. The minimum Gasteiger partial charge on any atom is -0.376 e. The molecule has 0 bridgehead atoms. The number of hydrogen-bond donors (Lipinski definition) is 2. The quantitative estimate of drug-likeness (QED) is 0.647. The van der Waals surface area contributed by atoms with Crippen molar-refractivity contribution < 1.29 is 4.74 Å². The van der Waals surface area contributed by atoms with Gasteiger partial charge in [0.25, 0.3) is 0 Å². The Morgan fingerprint density at radius 2 is 2.29 bits per heavy atom. The average molecular weight is 315 g/mol. The van der Waals surface area contributed by atoms with Crippen LogP contribution >= 0.6 is 11.6 Å². The SMILES string of the molecule is COC1(C(NN)c2c(Cl)cnn2C(C)C)CCCC(C)C1. The Morgan fingerprint density at radius 3 is 2.81 bits per heavy atom. The Morgan fingerprint density at radius 1 is 1.57 bits per heavy atom. The summed E-state index contributed by atoms with van der Waals surface area (Å²) in [6.45, 7) is 6.44. The van der Waals surface area contributed by atoms with E-state index in [-0.39, 0.29) is 17.7 Å².